The van der Waals surface area contributed by atoms with E-state index in [9.17, 15) is 0 Å². The predicted molar refractivity (Wildman–Crippen MR) is 87.5 cm³/mol. The Labute approximate surface area is 128 Å². The highest BCUT2D eigenvalue weighted by atomic mass is 35.5. The van der Waals surface area contributed by atoms with Gasteiger partial charge in [0, 0.05) is 16.6 Å². The van der Waals surface area contributed by atoms with Crippen molar-refractivity contribution in [2.24, 2.45) is 0 Å². The van der Waals surface area contributed by atoms with E-state index < -0.39 is 0 Å². The smallest absolute Gasteiger partial charge is 0.167 e. The van der Waals surface area contributed by atoms with E-state index in [4.69, 9.17) is 21.9 Å². The molecule has 2 N–H and O–H groups in total. The number of nitrogen functional groups attached to an aromatic ring is 1. The van der Waals surface area contributed by atoms with Gasteiger partial charge in [0.15, 0.2) is 5.58 Å². The number of halogens is 1. The quantitative estimate of drug-likeness (QED) is 0.684. The molecule has 2 aromatic carbocycles. The molecular formula is C17H17ClN2O. The molecule has 0 spiro atoms. The zero-order chi connectivity index (χ0) is 14.8. The Morgan fingerprint density at radius 1 is 1.19 bits per heavy atom. The molecule has 0 atom stereocenters. The molecule has 0 saturated heterocycles. The molecule has 0 fully saturated rings. The highest BCUT2D eigenvalue weighted by molar-refractivity contribution is 6.34. The fourth-order valence-corrected chi connectivity index (χ4v) is 2.78. The van der Waals surface area contributed by atoms with Crippen LogP contribution in [0.3, 0.4) is 0 Å². The van der Waals surface area contributed by atoms with Crippen LogP contribution >= 0.6 is 11.6 Å². The lowest BCUT2D eigenvalue weighted by Gasteiger charge is -2.11. The lowest BCUT2D eigenvalue weighted by atomic mass is 9.99. The molecule has 0 amide bonds. The summed E-state index contributed by atoms with van der Waals surface area (Å²) < 4.78 is 5.37. The molecule has 0 aliphatic heterocycles. The van der Waals surface area contributed by atoms with Crippen LogP contribution in [0.4, 0.5) is 5.69 Å². The summed E-state index contributed by atoms with van der Waals surface area (Å²) in [4.78, 5) is 0. The van der Waals surface area contributed by atoms with Crippen LogP contribution in [-0.4, -0.2) is 5.16 Å². The van der Waals surface area contributed by atoms with Crippen molar-refractivity contribution in [2.75, 3.05) is 5.73 Å². The van der Waals surface area contributed by atoms with Gasteiger partial charge in [0.2, 0.25) is 0 Å². The lowest BCUT2D eigenvalue weighted by Crippen LogP contribution is -1.98. The maximum absolute atomic E-state index is 6.37. The molecule has 0 radical (unpaired) electrons. The summed E-state index contributed by atoms with van der Waals surface area (Å²) in [6.45, 7) is 2.16. The summed E-state index contributed by atoms with van der Waals surface area (Å²) in [6, 6.07) is 11.6. The number of aryl methyl sites for hydroxylation is 1. The van der Waals surface area contributed by atoms with E-state index in [-0.39, 0.29) is 0 Å². The SMILES string of the molecule is CCCCc1ccc(Cl)c(-c2noc3ccccc23)c1N. The first kappa shape index (κ1) is 14.0. The molecule has 3 aromatic rings. The summed E-state index contributed by atoms with van der Waals surface area (Å²) in [7, 11) is 0. The van der Waals surface area contributed by atoms with Gasteiger partial charge in [-0.25, -0.2) is 0 Å². The number of benzene rings is 2. The molecule has 3 rings (SSSR count). The van der Waals surface area contributed by atoms with Crippen molar-refractivity contribution in [3.8, 4) is 11.3 Å². The number of nitrogens with two attached hydrogens (primary N) is 1. The first-order valence-electron chi connectivity index (χ1n) is 7.14. The van der Waals surface area contributed by atoms with Crippen LogP contribution < -0.4 is 5.73 Å². The van der Waals surface area contributed by atoms with Gasteiger partial charge in [-0.15, -0.1) is 0 Å². The van der Waals surface area contributed by atoms with Crippen LogP contribution in [0.5, 0.6) is 0 Å². The third kappa shape index (κ3) is 2.49. The average Bonchev–Trinajstić information content (AvgIpc) is 2.91. The van der Waals surface area contributed by atoms with E-state index in [1.165, 1.54) is 0 Å². The fourth-order valence-electron chi connectivity index (χ4n) is 2.53. The summed E-state index contributed by atoms with van der Waals surface area (Å²) in [5.74, 6) is 0. The van der Waals surface area contributed by atoms with Crippen LogP contribution in [-0.2, 0) is 6.42 Å². The zero-order valence-electron chi connectivity index (χ0n) is 11.9. The first-order valence-corrected chi connectivity index (χ1v) is 7.51. The third-order valence-electron chi connectivity index (χ3n) is 3.70. The molecule has 1 aromatic heterocycles. The lowest BCUT2D eigenvalue weighted by molar-refractivity contribution is 0.459. The van der Waals surface area contributed by atoms with Gasteiger partial charge in [-0.05, 0) is 36.6 Å². The van der Waals surface area contributed by atoms with Crippen molar-refractivity contribution < 1.29 is 4.52 Å². The molecule has 4 heteroatoms. The molecular weight excluding hydrogens is 284 g/mol. The van der Waals surface area contributed by atoms with E-state index in [1.807, 2.05) is 36.4 Å². The summed E-state index contributed by atoms with van der Waals surface area (Å²) in [6.07, 6.45) is 3.18. The second-order valence-electron chi connectivity index (χ2n) is 5.13. The van der Waals surface area contributed by atoms with E-state index in [2.05, 4.69) is 12.1 Å². The van der Waals surface area contributed by atoms with Crippen molar-refractivity contribution in [2.45, 2.75) is 26.2 Å². The predicted octanol–water partition coefficient (Wildman–Crippen LogP) is 5.07. The fraction of sp³-hybridized carbons (Fsp3) is 0.235. The van der Waals surface area contributed by atoms with Gasteiger partial charge in [-0.3, -0.25) is 0 Å². The minimum Gasteiger partial charge on any atom is -0.398 e. The van der Waals surface area contributed by atoms with Gasteiger partial charge < -0.3 is 10.3 Å². The topological polar surface area (TPSA) is 52.0 Å². The van der Waals surface area contributed by atoms with Crippen LogP contribution in [0.25, 0.3) is 22.2 Å². The number of hydrogen-bond donors (Lipinski definition) is 1. The number of unbranched alkanes of at least 4 members (excludes halogenated alkanes) is 1. The van der Waals surface area contributed by atoms with E-state index in [0.717, 1.165) is 41.4 Å². The minimum atomic E-state index is 0.604. The molecule has 3 nitrogen and oxygen atoms in total. The minimum absolute atomic E-state index is 0.604. The molecule has 0 unspecified atom stereocenters. The molecule has 0 bridgehead atoms. The zero-order valence-corrected chi connectivity index (χ0v) is 12.7. The van der Waals surface area contributed by atoms with Gasteiger partial charge in [0.05, 0.1) is 5.02 Å². The van der Waals surface area contributed by atoms with Gasteiger partial charge in [-0.2, -0.15) is 0 Å². The number of nitrogens with zero attached hydrogens (tertiary/aromatic N) is 1. The van der Waals surface area contributed by atoms with Crippen molar-refractivity contribution in [1.82, 2.24) is 5.16 Å². The Morgan fingerprint density at radius 2 is 2.00 bits per heavy atom. The maximum Gasteiger partial charge on any atom is 0.167 e. The van der Waals surface area contributed by atoms with Crippen molar-refractivity contribution in [3.05, 3.63) is 47.0 Å². The molecule has 0 saturated carbocycles. The van der Waals surface area contributed by atoms with Crippen molar-refractivity contribution in [1.29, 1.82) is 0 Å². The summed E-state index contributed by atoms with van der Waals surface area (Å²) in [5, 5.41) is 5.70. The first-order chi connectivity index (χ1) is 10.2. The Kier molecular flexibility index (Phi) is 3.84. The van der Waals surface area contributed by atoms with Gasteiger partial charge in [-0.1, -0.05) is 48.3 Å². The average molecular weight is 301 g/mol. The van der Waals surface area contributed by atoms with Crippen molar-refractivity contribution in [3.63, 3.8) is 0 Å². The number of hydrogen-bond acceptors (Lipinski definition) is 3. The summed E-state index contributed by atoms with van der Waals surface area (Å²) in [5.41, 5.74) is 10.4. The highest BCUT2D eigenvalue weighted by Gasteiger charge is 2.17. The van der Waals surface area contributed by atoms with Crippen LogP contribution in [0.2, 0.25) is 5.02 Å². The van der Waals surface area contributed by atoms with Gasteiger partial charge in [0.1, 0.15) is 5.69 Å². The molecule has 21 heavy (non-hydrogen) atoms. The molecule has 0 aliphatic rings. The van der Waals surface area contributed by atoms with E-state index in [1.54, 1.807) is 0 Å². The van der Waals surface area contributed by atoms with Crippen LogP contribution in [0, 0.1) is 0 Å². The number of para-hydroxylation sites is 1. The van der Waals surface area contributed by atoms with E-state index in [0.29, 0.717) is 16.4 Å². The number of anilines is 1. The van der Waals surface area contributed by atoms with Gasteiger partial charge in [0.25, 0.3) is 0 Å². The standard InChI is InChI=1S/C17H17ClN2O/c1-2-3-6-11-9-10-13(18)15(16(11)19)17-12-7-4-5-8-14(12)21-20-17/h4-5,7-10H,2-3,6,19H2,1H3. The second kappa shape index (κ2) is 5.78. The third-order valence-corrected chi connectivity index (χ3v) is 4.01. The van der Waals surface area contributed by atoms with E-state index >= 15 is 0 Å². The van der Waals surface area contributed by atoms with Crippen molar-refractivity contribution >= 4 is 28.3 Å². The second-order valence-corrected chi connectivity index (χ2v) is 5.53. The Hall–Kier alpha value is -2.00. The number of rotatable bonds is 4. The Balaban J connectivity index is 2.17. The summed E-state index contributed by atoms with van der Waals surface area (Å²) >= 11 is 6.37. The normalized spacial score (nSPS) is 11.1. The largest absolute Gasteiger partial charge is 0.398 e. The Bertz CT molecular complexity index is 780. The highest BCUT2D eigenvalue weighted by Crippen LogP contribution is 2.38. The molecule has 108 valence electrons. The number of fused-ring (bicyclic) bond motifs is 1. The number of aromatic nitrogens is 1. The maximum atomic E-state index is 6.37. The monoisotopic (exact) mass is 300 g/mol. The van der Waals surface area contributed by atoms with Gasteiger partial charge >= 0.3 is 0 Å². The molecule has 1 heterocycles. The van der Waals surface area contributed by atoms with Crippen LogP contribution in [0.15, 0.2) is 40.9 Å². The van der Waals surface area contributed by atoms with Crippen LogP contribution in [0.1, 0.15) is 25.3 Å². The molecule has 0 aliphatic carbocycles. The Morgan fingerprint density at radius 3 is 2.81 bits per heavy atom.